The van der Waals surface area contributed by atoms with Crippen molar-refractivity contribution < 1.29 is 0 Å². The van der Waals surface area contributed by atoms with Crippen molar-refractivity contribution in [3.63, 3.8) is 0 Å². The van der Waals surface area contributed by atoms with Gasteiger partial charge in [-0.2, -0.15) is 0 Å². The standard InChI is InChI=1S/C44H30N2/c1-2-30-20-21-31-12-6-7-15-35(31)36(30)26-27-45-41-18-10-8-16-37(41)39-28-32(22-24-42(39)45)33-23-25-44-40(29-33)38-17-9-11-19-43(38)46(44)34-13-4-3-5-14-34/h2-29H,1H2/b27-26-. The van der Waals surface area contributed by atoms with E-state index in [1.165, 1.54) is 76.8 Å². The first-order chi connectivity index (χ1) is 22.8. The van der Waals surface area contributed by atoms with E-state index in [0.29, 0.717) is 0 Å². The lowest BCUT2D eigenvalue weighted by molar-refractivity contribution is 1.18. The maximum atomic E-state index is 4.09. The maximum absolute atomic E-state index is 4.09. The second kappa shape index (κ2) is 10.5. The number of fused-ring (bicyclic) bond motifs is 7. The topological polar surface area (TPSA) is 9.86 Å². The van der Waals surface area contributed by atoms with Crippen molar-refractivity contribution in [3.8, 4) is 16.8 Å². The zero-order chi connectivity index (χ0) is 30.6. The first-order valence-corrected chi connectivity index (χ1v) is 15.7. The number of nitrogens with zero attached hydrogens (tertiary/aromatic N) is 2. The van der Waals surface area contributed by atoms with Crippen molar-refractivity contribution in [3.05, 3.63) is 169 Å². The van der Waals surface area contributed by atoms with Gasteiger partial charge < -0.3 is 9.13 Å². The highest BCUT2D eigenvalue weighted by molar-refractivity contribution is 6.13. The van der Waals surface area contributed by atoms with Crippen LogP contribution in [0.2, 0.25) is 0 Å². The molecule has 0 amide bonds. The monoisotopic (exact) mass is 586 g/mol. The molecule has 0 saturated carbocycles. The van der Waals surface area contributed by atoms with E-state index in [0.717, 1.165) is 5.56 Å². The Balaban J connectivity index is 1.21. The zero-order valence-corrected chi connectivity index (χ0v) is 25.3. The molecule has 0 aliphatic carbocycles. The van der Waals surface area contributed by atoms with Gasteiger partial charge in [0.1, 0.15) is 0 Å². The molecule has 2 heterocycles. The molecule has 0 radical (unpaired) electrons. The molecule has 9 rings (SSSR count). The number of aromatic nitrogens is 2. The summed E-state index contributed by atoms with van der Waals surface area (Å²) >= 11 is 0. The summed E-state index contributed by atoms with van der Waals surface area (Å²) in [6.07, 6.45) is 6.39. The van der Waals surface area contributed by atoms with Gasteiger partial charge in [-0.05, 0) is 87.6 Å². The Bertz CT molecular complexity index is 2650. The molecular weight excluding hydrogens is 556 g/mol. The summed E-state index contributed by atoms with van der Waals surface area (Å²) in [6, 6.07) is 54.7. The fourth-order valence-corrected chi connectivity index (χ4v) is 7.18. The summed E-state index contributed by atoms with van der Waals surface area (Å²) in [5.74, 6) is 0. The molecule has 0 atom stereocenters. The molecule has 0 bridgehead atoms. The van der Waals surface area contributed by atoms with Crippen molar-refractivity contribution in [2.24, 2.45) is 0 Å². The van der Waals surface area contributed by atoms with Gasteiger partial charge in [0.05, 0.1) is 22.1 Å². The molecular formula is C44H30N2. The summed E-state index contributed by atoms with van der Waals surface area (Å²) in [5, 5.41) is 7.46. The van der Waals surface area contributed by atoms with Gasteiger partial charge in [0.2, 0.25) is 0 Å². The minimum Gasteiger partial charge on any atom is -0.316 e. The van der Waals surface area contributed by atoms with E-state index in [9.17, 15) is 0 Å². The minimum absolute atomic E-state index is 1.13. The van der Waals surface area contributed by atoms with Crippen molar-refractivity contribution in [1.82, 2.24) is 9.13 Å². The highest BCUT2D eigenvalue weighted by Gasteiger charge is 2.15. The van der Waals surface area contributed by atoms with Gasteiger partial charge in [-0.3, -0.25) is 0 Å². The van der Waals surface area contributed by atoms with E-state index in [-0.39, 0.29) is 0 Å². The van der Waals surface area contributed by atoms with Crippen LogP contribution >= 0.6 is 0 Å². The van der Waals surface area contributed by atoms with Crippen LogP contribution in [0.25, 0.3) is 89.6 Å². The van der Waals surface area contributed by atoms with Crippen LogP contribution in [0.4, 0.5) is 0 Å². The van der Waals surface area contributed by atoms with Gasteiger partial charge in [-0.15, -0.1) is 0 Å². The summed E-state index contributed by atoms with van der Waals surface area (Å²) < 4.78 is 4.69. The molecule has 0 aliphatic heterocycles. The predicted octanol–water partition coefficient (Wildman–Crippen LogP) is 12.0. The second-order valence-electron chi connectivity index (χ2n) is 11.8. The van der Waals surface area contributed by atoms with E-state index in [1.54, 1.807) is 0 Å². The molecule has 9 aromatic rings. The third kappa shape index (κ3) is 4.04. The molecule has 0 fully saturated rings. The molecule has 2 nitrogen and oxygen atoms in total. The molecule has 0 saturated heterocycles. The summed E-state index contributed by atoms with van der Waals surface area (Å²) in [7, 11) is 0. The van der Waals surface area contributed by atoms with Gasteiger partial charge in [0.25, 0.3) is 0 Å². The molecule has 216 valence electrons. The Morgan fingerprint density at radius 3 is 1.78 bits per heavy atom. The van der Waals surface area contributed by atoms with Crippen LogP contribution in [-0.4, -0.2) is 9.13 Å². The van der Waals surface area contributed by atoms with Crippen LogP contribution in [0.3, 0.4) is 0 Å². The SMILES string of the molecule is C=Cc1ccc2ccccc2c1/C=C\n1c2ccccc2c2cc(-c3ccc4c(c3)c3ccccc3n4-c3ccccc3)ccc21. The molecule has 0 unspecified atom stereocenters. The smallest absolute Gasteiger partial charge is 0.0541 e. The van der Waals surface area contributed by atoms with Gasteiger partial charge in [-0.1, -0.05) is 116 Å². The lowest BCUT2D eigenvalue weighted by atomic mass is 9.99. The zero-order valence-electron chi connectivity index (χ0n) is 25.3. The van der Waals surface area contributed by atoms with E-state index < -0.39 is 0 Å². The summed E-state index contributed by atoms with van der Waals surface area (Å²) in [6.45, 7) is 4.09. The summed E-state index contributed by atoms with van der Waals surface area (Å²) in [5.41, 5.74) is 10.7. The lowest BCUT2D eigenvalue weighted by Crippen LogP contribution is -1.92. The van der Waals surface area contributed by atoms with Gasteiger partial charge >= 0.3 is 0 Å². The largest absolute Gasteiger partial charge is 0.316 e. The molecule has 2 aromatic heterocycles. The molecule has 0 aliphatic rings. The van der Waals surface area contributed by atoms with Crippen LogP contribution in [0.1, 0.15) is 11.1 Å². The normalized spacial score (nSPS) is 11.9. The van der Waals surface area contributed by atoms with Crippen LogP contribution in [0, 0.1) is 0 Å². The van der Waals surface area contributed by atoms with E-state index in [2.05, 4.69) is 180 Å². The fourth-order valence-electron chi connectivity index (χ4n) is 7.18. The number of para-hydroxylation sites is 3. The average molecular weight is 587 g/mol. The molecule has 7 aromatic carbocycles. The number of benzene rings is 7. The average Bonchev–Trinajstić information content (AvgIpc) is 3.62. The van der Waals surface area contributed by atoms with Crippen LogP contribution in [0.15, 0.2) is 158 Å². The highest BCUT2D eigenvalue weighted by atomic mass is 15.0. The summed E-state index contributed by atoms with van der Waals surface area (Å²) in [4.78, 5) is 0. The Labute approximate surface area is 267 Å². The van der Waals surface area contributed by atoms with Crippen molar-refractivity contribution >= 4 is 72.7 Å². The van der Waals surface area contributed by atoms with Crippen LogP contribution in [-0.2, 0) is 0 Å². The Hall–Kier alpha value is -6.12. The van der Waals surface area contributed by atoms with Gasteiger partial charge in [0.15, 0.2) is 0 Å². The Morgan fingerprint density at radius 1 is 0.457 bits per heavy atom. The lowest BCUT2D eigenvalue weighted by Gasteiger charge is -2.09. The number of hydrogen-bond acceptors (Lipinski definition) is 0. The van der Waals surface area contributed by atoms with E-state index >= 15 is 0 Å². The number of hydrogen-bond donors (Lipinski definition) is 0. The van der Waals surface area contributed by atoms with Crippen molar-refractivity contribution in [2.45, 2.75) is 0 Å². The fraction of sp³-hybridized carbons (Fsp3) is 0. The quantitative estimate of drug-likeness (QED) is 0.190. The maximum Gasteiger partial charge on any atom is 0.0541 e. The van der Waals surface area contributed by atoms with Crippen LogP contribution < -0.4 is 0 Å². The van der Waals surface area contributed by atoms with E-state index in [4.69, 9.17) is 0 Å². The van der Waals surface area contributed by atoms with Gasteiger partial charge in [-0.25, -0.2) is 0 Å². The molecule has 0 N–H and O–H groups in total. The highest BCUT2D eigenvalue weighted by Crippen LogP contribution is 2.37. The first kappa shape index (κ1) is 26.3. The predicted molar refractivity (Wildman–Crippen MR) is 198 cm³/mol. The van der Waals surface area contributed by atoms with Gasteiger partial charge in [0, 0.05) is 33.4 Å². The molecule has 0 spiro atoms. The Morgan fingerprint density at radius 2 is 1.02 bits per heavy atom. The first-order valence-electron chi connectivity index (χ1n) is 15.7. The molecule has 46 heavy (non-hydrogen) atoms. The van der Waals surface area contributed by atoms with Crippen LogP contribution in [0.5, 0.6) is 0 Å². The van der Waals surface area contributed by atoms with Crippen molar-refractivity contribution in [2.75, 3.05) is 0 Å². The Kier molecular flexibility index (Phi) is 6.00. The third-order valence-corrected chi connectivity index (χ3v) is 9.34. The van der Waals surface area contributed by atoms with Crippen molar-refractivity contribution in [1.29, 1.82) is 0 Å². The molecule has 2 heteroatoms. The van der Waals surface area contributed by atoms with E-state index in [1.807, 2.05) is 6.08 Å². The second-order valence-corrected chi connectivity index (χ2v) is 11.8. The minimum atomic E-state index is 1.13. The third-order valence-electron chi connectivity index (χ3n) is 9.34. The number of rotatable bonds is 5.